The monoisotopic (exact) mass is 634 g/mol. The van der Waals surface area contributed by atoms with Crippen molar-refractivity contribution in [2.24, 2.45) is 0 Å². The lowest BCUT2D eigenvalue weighted by Crippen LogP contribution is -2.59. The Balaban J connectivity index is 1.03. The van der Waals surface area contributed by atoms with Crippen LogP contribution in [0.2, 0.25) is 0 Å². The summed E-state index contributed by atoms with van der Waals surface area (Å²) in [6.45, 7) is 6.83. The Hall–Kier alpha value is -1.83. The standard InChI is InChI=1S/C33H54N4O6S/c1-33(2)42-29-23-31(39)37(28(24-38)32(29)43-33)22-12-8-7-10-20-34-19-9-5-6-11-21-35-44(40,41)30-18-14-15-25-26(30)16-13-17-27(25)36(3)4/h13-18,28-29,31-32,34-35,38-39H,5-12,19-24H2,1-4H3/t28-,29-,31-,32+/m1/s1. The molecular weight excluding hydrogens is 580 g/mol. The van der Waals surface area contributed by atoms with Crippen LogP contribution in [0.4, 0.5) is 5.69 Å². The Kier molecular flexibility index (Phi) is 12.8. The van der Waals surface area contributed by atoms with Gasteiger partial charge in [0.25, 0.3) is 0 Å². The smallest absolute Gasteiger partial charge is 0.241 e. The highest BCUT2D eigenvalue weighted by Crippen LogP contribution is 2.38. The van der Waals surface area contributed by atoms with Crippen LogP contribution in [0.25, 0.3) is 10.8 Å². The van der Waals surface area contributed by atoms with Crippen LogP contribution in [0.5, 0.6) is 0 Å². The van der Waals surface area contributed by atoms with Crippen LogP contribution in [0.15, 0.2) is 41.3 Å². The summed E-state index contributed by atoms with van der Waals surface area (Å²) in [4.78, 5) is 4.31. The lowest BCUT2D eigenvalue weighted by atomic mass is 9.94. The molecule has 4 atom stereocenters. The van der Waals surface area contributed by atoms with Crippen molar-refractivity contribution in [3.8, 4) is 0 Å². The van der Waals surface area contributed by atoms with Gasteiger partial charge in [-0.3, -0.25) is 4.90 Å². The van der Waals surface area contributed by atoms with E-state index in [1.807, 2.05) is 62.0 Å². The first-order valence-corrected chi connectivity index (χ1v) is 17.8. The maximum Gasteiger partial charge on any atom is 0.241 e. The Morgan fingerprint density at radius 1 is 0.909 bits per heavy atom. The van der Waals surface area contributed by atoms with Crippen molar-refractivity contribution >= 4 is 26.5 Å². The van der Waals surface area contributed by atoms with E-state index in [1.54, 1.807) is 12.1 Å². The van der Waals surface area contributed by atoms with Crippen LogP contribution in [0, 0.1) is 0 Å². The third-order valence-corrected chi connectivity index (χ3v) is 10.3. The first-order chi connectivity index (χ1) is 21.0. The molecule has 2 aliphatic rings. The largest absolute Gasteiger partial charge is 0.395 e. The van der Waals surface area contributed by atoms with Gasteiger partial charge < -0.3 is 29.9 Å². The van der Waals surface area contributed by atoms with E-state index in [-0.39, 0.29) is 24.9 Å². The van der Waals surface area contributed by atoms with Gasteiger partial charge in [-0.05, 0) is 64.8 Å². The fourth-order valence-electron chi connectivity index (χ4n) is 6.57. The molecule has 248 valence electrons. The molecule has 2 aliphatic heterocycles. The van der Waals surface area contributed by atoms with Gasteiger partial charge in [-0.1, -0.05) is 49.9 Å². The summed E-state index contributed by atoms with van der Waals surface area (Å²) in [5.74, 6) is -0.679. The number of ether oxygens (including phenoxy) is 2. The Morgan fingerprint density at radius 3 is 2.23 bits per heavy atom. The number of piperidine rings is 1. The predicted molar refractivity (Wildman–Crippen MR) is 175 cm³/mol. The number of likely N-dealkylation sites (tertiary alicyclic amines) is 1. The number of fused-ring (bicyclic) bond motifs is 2. The Morgan fingerprint density at radius 2 is 1.55 bits per heavy atom. The van der Waals surface area contributed by atoms with Crippen molar-refractivity contribution in [2.45, 2.75) is 107 Å². The number of aliphatic hydroxyl groups is 2. The number of unbranched alkanes of at least 4 members (excludes halogenated alkanes) is 6. The summed E-state index contributed by atoms with van der Waals surface area (Å²) < 4.78 is 40.8. The zero-order valence-corrected chi connectivity index (χ0v) is 27.8. The van der Waals surface area contributed by atoms with Crippen molar-refractivity contribution in [3.05, 3.63) is 36.4 Å². The number of hydrogen-bond acceptors (Lipinski definition) is 9. The minimum atomic E-state index is -3.58. The molecule has 0 bridgehead atoms. The van der Waals surface area contributed by atoms with Gasteiger partial charge in [0.05, 0.1) is 23.6 Å². The van der Waals surface area contributed by atoms with Crippen molar-refractivity contribution in [1.82, 2.24) is 14.9 Å². The van der Waals surface area contributed by atoms with E-state index >= 15 is 0 Å². The van der Waals surface area contributed by atoms with Crippen molar-refractivity contribution in [2.75, 3.05) is 51.8 Å². The quantitative estimate of drug-likeness (QED) is 0.181. The van der Waals surface area contributed by atoms with E-state index < -0.39 is 22.0 Å². The van der Waals surface area contributed by atoms with E-state index in [0.717, 1.165) is 87.5 Å². The molecule has 10 nitrogen and oxygen atoms in total. The van der Waals surface area contributed by atoms with E-state index in [0.29, 0.717) is 17.9 Å². The number of anilines is 1. The minimum Gasteiger partial charge on any atom is -0.395 e. The molecule has 0 aliphatic carbocycles. The van der Waals surface area contributed by atoms with Crippen LogP contribution in [-0.4, -0.2) is 101 Å². The second-order valence-corrected chi connectivity index (χ2v) is 14.6. The normalized spacial score (nSPS) is 23.7. The summed E-state index contributed by atoms with van der Waals surface area (Å²) in [6, 6.07) is 11.0. The average molecular weight is 635 g/mol. The van der Waals surface area contributed by atoms with Gasteiger partial charge in [0.2, 0.25) is 10.0 Å². The van der Waals surface area contributed by atoms with Gasteiger partial charge in [-0.15, -0.1) is 0 Å². The van der Waals surface area contributed by atoms with Crippen molar-refractivity contribution in [1.29, 1.82) is 0 Å². The summed E-state index contributed by atoms with van der Waals surface area (Å²) in [5.41, 5.74) is 0.997. The molecule has 4 N–H and O–H groups in total. The first-order valence-electron chi connectivity index (χ1n) is 16.3. The summed E-state index contributed by atoms with van der Waals surface area (Å²) in [6.07, 6.45) is 7.70. The molecule has 2 aromatic carbocycles. The first kappa shape index (κ1) is 35.0. The second-order valence-electron chi connectivity index (χ2n) is 12.8. The van der Waals surface area contributed by atoms with Gasteiger partial charge in [0, 0.05) is 50.1 Å². The summed E-state index contributed by atoms with van der Waals surface area (Å²) in [5, 5.41) is 25.9. The lowest BCUT2D eigenvalue weighted by Gasteiger charge is -2.43. The molecular formula is C33H54N4O6S. The number of hydrogen-bond donors (Lipinski definition) is 4. The minimum absolute atomic E-state index is 0.0553. The van der Waals surface area contributed by atoms with Crippen LogP contribution in [0.1, 0.15) is 71.6 Å². The molecule has 11 heteroatoms. The molecule has 2 aromatic rings. The molecule has 44 heavy (non-hydrogen) atoms. The van der Waals surface area contributed by atoms with E-state index in [2.05, 4.69) is 10.0 Å². The number of rotatable bonds is 18. The molecule has 2 heterocycles. The van der Waals surface area contributed by atoms with E-state index in [4.69, 9.17) is 9.47 Å². The van der Waals surface area contributed by atoms with Crippen LogP contribution in [-0.2, 0) is 19.5 Å². The molecule has 2 fully saturated rings. The highest BCUT2D eigenvalue weighted by molar-refractivity contribution is 7.89. The highest BCUT2D eigenvalue weighted by Gasteiger charge is 2.51. The number of aliphatic hydroxyl groups excluding tert-OH is 2. The summed E-state index contributed by atoms with van der Waals surface area (Å²) in [7, 11) is 0.336. The Labute approximate surface area is 264 Å². The fourth-order valence-corrected chi connectivity index (χ4v) is 7.87. The Bertz CT molecular complexity index is 1290. The fraction of sp³-hybridized carbons (Fsp3) is 0.697. The molecule has 0 unspecified atom stereocenters. The van der Waals surface area contributed by atoms with Crippen LogP contribution < -0.4 is 14.9 Å². The third kappa shape index (κ3) is 9.13. The summed E-state index contributed by atoms with van der Waals surface area (Å²) >= 11 is 0. The molecule has 0 spiro atoms. The zero-order valence-electron chi connectivity index (χ0n) is 27.0. The van der Waals surface area contributed by atoms with Gasteiger partial charge in [-0.2, -0.15) is 0 Å². The van der Waals surface area contributed by atoms with Gasteiger partial charge in [0.1, 0.15) is 12.3 Å². The van der Waals surface area contributed by atoms with Crippen molar-refractivity contribution < 1.29 is 28.1 Å². The number of nitrogens with one attached hydrogen (secondary N) is 2. The topological polar surface area (TPSA) is 124 Å². The molecule has 2 saturated heterocycles. The second kappa shape index (κ2) is 16.1. The van der Waals surface area contributed by atoms with Crippen LogP contribution in [0.3, 0.4) is 0 Å². The molecule has 0 saturated carbocycles. The van der Waals surface area contributed by atoms with Gasteiger partial charge in [-0.25, -0.2) is 13.1 Å². The van der Waals surface area contributed by atoms with Gasteiger partial charge >= 0.3 is 0 Å². The molecule has 0 radical (unpaired) electrons. The molecule has 0 aromatic heterocycles. The third-order valence-electron chi connectivity index (χ3n) is 8.76. The van der Waals surface area contributed by atoms with E-state index in [1.165, 1.54) is 0 Å². The molecule has 4 rings (SSSR count). The number of nitrogens with zero attached hydrogens (tertiary/aromatic N) is 2. The predicted octanol–water partition coefficient (Wildman–Crippen LogP) is 3.80. The maximum absolute atomic E-state index is 13.0. The van der Waals surface area contributed by atoms with Crippen LogP contribution >= 0.6 is 0 Å². The number of benzene rings is 2. The zero-order chi connectivity index (χ0) is 31.7. The highest BCUT2D eigenvalue weighted by atomic mass is 32.2. The van der Waals surface area contributed by atoms with Crippen molar-refractivity contribution in [3.63, 3.8) is 0 Å². The lowest BCUT2D eigenvalue weighted by molar-refractivity contribution is -0.151. The SMILES string of the molecule is CN(C)c1cccc2c(S(=O)(=O)NCCCCCCNCCCCCCN3[C@H](O)C[C@H]4OC(C)(C)O[C@H]4[C@H]3CO)cccc12. The molecule has 0 amide bonds. The van der Waals surface area contributed by atoms with Gasteiger partial charge in [0.15, 0.2) is 5.79 Å². The maximum atomic E-state index is 13.0. The number of sulfonamides is 1. The van der Waals surface area contributed by atoms with E-state index in [9.17, 15) is 18.6 Å². The average Bonchev–Trinajstić information content (AvgIpc) is 3.29.